The molecule has 6 heavy (non-hydrogen) atoms. The highest BCUT2D eigenvalue weighted by Gasteiger charge is 1.88. The molecule has 1 radical (unpaired) electrons. The maximum absolute atomic E-state index is 10.1. The molecule has 0 rings (SSSR count). The van der Waals surface area contributed by atoms with E-state index in [1.54, 1.807) is 6.26 Å². The average molecular weight is 105 g/mol. The SMILES string of the molecule is C[CH]C[S+](C)[O-]. The topological polar surface area (TPSA) is 23.1 Å². The minimum atomic E-state index is -0.621. The van der Waals surface area contributed by atoms with E-state index in [1.807, 2.05) is 13.3 Å². The van der Waals surface area contributed by atoms with Gasteiger partial charge in [-0.15, -0.1) is 0 Å². The lowest BCUT2D eigenvalue weighted by atomic mass is 10.6. The van der Waals surface area contributed by atoms with Gasteiger partial charge in [0.05, 0.1) is 6.26 Å². The van der Waals surface area contributed by atoms with Crippen LogP contribution in [0.1, 0.15) is 6.92 Å². The standard InChI is InChI=1S/C4H9OS/c1-3-4-6(2)5/h3H,4H2,1-2H3. The van der Waals surface area contributed by atoms with Crippen molar-refractivity contribution in [1.82, 2.24) is 0 Å². The monoisotopic (exact) mass is 105 g/mol. The summed E-state index contributed by atoms with van der Waals surface area (Å²) in [7, 11) is 0. The molecule has 1 atom stereocenters. The van der Waals surface area contributed by atoms with Crippen molar-refractivity contribution in [1.29, 1.82) is 0 Å². The summed E-state index contributed by atoms with van der Waals surface area (Å²) >= 11 is -0.621. The zero-order chi connectivity index (χ0) is 4.99. The Morgan fingerprint density at radius 1 is 1.83 bits per heavy atom. The minimum Gasteiger partial charge on any atom is -0.617 e. The second kappa shape index (κ2) is 3.50. The molecular formula is C4H9OS. The second-order valence-corrected chi connectivity index (χ2v) is 2.63. The third-order valence-electron chi connectivity index (χ3n) is 0.401. The Labute approximate surface area is 41.9 Å². The van der Waals surface area contributed by atoms with Gasteiger partial charge < -0.3 is 4.55 Å². The molecule has 0 saturated carbocycles. The molecule has 1 nitrogen and oxygen atoms in total. The highest BCUT2D eigenvalue weighted by Crippen LogP contribution is 1.82. The Bertz CT molecular complexity index is 28.7. The van der Waals surface area contributed by atoms with Crippen LogP contribution < -0.4 is 0 Å². The molecule has 0 aromatic carbocycles. The molecule has 0 bridgehead atoms. The van der Waals surface area contributed by atoms with Crippen molar-refractivity contribution >= 4 is 11.2 Å². The van der Waals surface area contributed by atoms with Gasteiger partial charge >= 0.3 is 0 Å². The molecule has 0 aliphatic carbocycles. The molecule has 0 aliphatic rings. The fraction of sp³-hybridized carbons (Fsp3) is 0.750. The van der Waals surface area contributed by atoms with Gasteiger partial charge in [0.25, 0.3) is 0 Å². The molecule has 1 unspecified atom stereocenters. The maximum Gasteiger partial charge on any atom is 0.108 e. The maximum atomic E-state index is 10.1. The van der Waals surface area contributed by atoms with Gasteiger partial charge in [-0.3, -0.25) is 0 Å². The van der Waals surface area contributed by atoms with Gasteiger partial charge in [0.15, 0.2) is 0 Å². The highest BCUT2D eigenvalue weighted by molar-refractivity contribution is 7.90. The smallest absolute Gasteiger partial charge is 0.108 e. The summed E-state index contributed by atoms with van der Waals surface area (Å²) in [6.07, 6.45) is 3.59. The van der Waals surface area contributed by atoms with E-state index >= 15 is 0 Å². The molecule has 2 heteroatoms. The molecule has 0 amide bonds. The molecule has 0 aromatic heterocycles. The van der Waals surface area contributed by atoms with Gasteiger partial charge in [0.2, 0.25) is 0 Å². The van der Waals surface area contributed by atoms with E-state index in [9.17, 15) is 4.55 Å². The lowest BCUT2D eigenvalue weighted by Gasteiger charge is -1.98. The quantitative estimate of drug-likeness (QED) is 0.471. The molecule has 0 saturated heterocycles. The molecule has 0 fully saturated rings. The summed E-state index contributed by atoms with van der Waals surface area (Å²) in [5.41, 5.74) is 0. The van der Waals surface area contributed by atoms with Crippen LogP contribution in [0.15, 0.2) is 0 Å². The first-order valence-electron chi connectivity index (χ1n) is 1.85. The van der Waals surface area contributed by atoms with E-state index in [0.717, 1.165) is 5.75 Å². The van der Waals surface area contributed by atoms with Crippen molar-refractivity contribution in [3.05, 3.63) is 6.42 Å². The Kier molecular flexibility index (Phi) is 3.68. The fourth-order valence-electron chi connectivity index (χ4n) is 0.235. The molecule has 0 heterocycles. The van der Waals surface area contributed by atoms with Crippen molar-refractivity contribution in [2.24, 2.45) is 0 Å². The summed E-state index contributed by atoms with van der Waals surface area (Å²) in [4.78, 5) is 0. The Morgan fingerprint density at radius 2 is 2.33 bits per heavy atom. The van der Waals surface area contributed by atoms with Gasteiger partial charge in [-0.1, -0.05) is 18.1 Å². The fourth-order valence-corrected chi connectivity index (χ4v) is 0.704. The second-order valence-electron chi connectivity index (χ2n) is 1.15. The van der Waals surface area contributed by atoms with Crippen molar-refractivity contribution < 1.29 is 4.55 Å². The van der Waals surface area contributed by atoms with E-state index in [1.165, 1.54) is 0 Å². The number of hydrogen-bond donors (Lipinski definition) is 0. The lowest BCUT2D eigenvalue weighted by molar-refractivity contribution is 0.602. The molecule has 0 spiro atoms. The van der Waals surface area contributed by atoms with E-state index in [-0.39, 0.29) is 0 Å². The third-order valence-corrected chi connectivity index (χ3v) is 1.20. The van der Waals surface area contributed by atoms with Crippen molar-refractivity contribution in [2.75, 3.05) is 12.0 Å². The van der Waals surface area contributed by atoms with Crippen LogP contribution in [0.5, 0.6) is 0 Å². The van der Waals surface area contributed by atoms with E-state index in [2.05, 4.69) is 0 Å². The molecule has 0 aromatic rings. The molecule has 0 N–H and O–H groups in total. The van der Waals surface area contributed by atoms with Crippen LogP contribution >= 0.6 is 0 Å². The normalized spacial score (nSPS) is 14.5. The van der Waals surface area contributed by atoms with Gasteiger partial charge in [-0.2, -0.15) is 0 Å². The zero-order valence-electron chi connectivity index (χ0n) is 4.10. The average Bonchev–Trinajstić information content (AvgIpc) is 1.35. The summed E-state index contributed by atoms with van der Waals surface area (Å²) < 4.78 is 10.1. The highest BCUT2D eigenvalue weighted by atomic mass is 32.2. The first-order valence-corrected chi connectivity index (χ1v) is 3.58. The summed E-state index contributed by atoms with van der Waals surface area (Å²) in [6, 6.07) is 0. The summed E-state index contributed by atoms with van der Waals surface area (Å²) in [6.45, 7) is 1.90. The van der Waals surface area contributed by atoms with Crippen LogP contribution in [0.25, 0.3) is 0 Å². The van der Waals surface area contributed by atoms with E-state index < -0.39 is 11.2 Å². The Balaban J connectivity index is 2.63. The van der Waals surface area contributed by atoms with Crippen molar-refractivity contribution in [3.63, 3.8) is 0 Å². The molecule has 37 valence electrons. The van der Waals surface area contributed by atoms with Crippen molar-refractivity contribution in [3.8, 4) is 0 Å². The largest absolute Gasteiger partial charge is 0.617 e. The van der Waals surface area contributed by atoms with Crippen LogP contribution in [0.4, 0.5) is 0 Å². The minimum absolute atomic E-state index is 0.621. The lowest BCUT2D eigenvalue weighted by Crippen LogP contribution is -2.00. The predicted octanol–water partition coefficient (Wildman–Crippen LogP) is 0.589. The van der Waals surface area contributed by atoms with Crippen molar-refractivity contribution in [2.45, 2.75) is 6.92 Å². The van der Waals surface area contributed by atoms with Crippen LogP contribution in [-0.4, -0.2) is 16.6 Å². The summed E-state index contributed by atoms with van der Waals surface area (Å²) in [5.74, 6) is 0.722. The number of hydrogen-bond acceptors (Lipinski definition) is 1. The zero-order valence-corrected chi connectivity index (χ0v) is 4.92. The van der Waals surface area contributed by atoms with Crippen LogP contribution in [0, 0.1) is 6.42 Å². The van der Waals surface area contributed by atoms with Gasteiger partial charge in [-0.05, 0) is 0 Å². The van der Waals surface area contributed by atoms with E-state index in [4.69, 9.17) is 0 Å². The third kappa shape index (κ3) is 4.31. The van der Waals surface area contributed by atoms with Gasteiger partial charge in [-0.25, -0.2) is 0 Å². The van der Waals surface area contributed by atoms with Crippen LogP contribution in [0.2, 0.25) is 0 Å². The van der Waals surface area contributed by atoms with Gasteiger partial charge in [0, 0.05) is 6.42 Å². The first kappa shape index (κ1) is 6.31. The Morgan fingerprint density at radius 3 is 2.33 bits per heavy atom. The molecule has 0 aliphatic heterocycles. The number of rotatable bonds is 2. The van der Waals surface area contributed by atoms with E-state index in [0.29, 0.717) is 0 Å². The van der Waals surface area contributed by atoms with Crippen LogP contribution in [0.3, 0.4) is 0 Å². The van der Waals surface area contributed by atoms with Crippen LogP contribution in [-0.2, 0) is 11.2 Å². The molecular weight excluding hydrogens is 96.1 g/mol. The predicted molar refractivity (Wildman–Crippen MR) is 28.9 cm³/mol. The first-order chi connectivity index (χ1) is 2.77. The Hall–Kier alpha value is 0.310. The van der Waals surface area contributed by atoms with Gasteiger partial charge in [0.1, 0.15) is 5.75 Å². The summed E-state index contributed by atoms with van der Waals surface area (Å²) in [5, 5.41) is 0.